The van der Waals surface area contributed by atoms with E-state index in [0.29, 0.717) is 15.9 Å². The van der Waals surface area contributed by atoms with Crippen molar-refractivity contribution in [3.05, 3.63) is 99.5 Å². The molecule has 4 N–H and O–H groups in total. The van der Waals surface area contributed by atoms with Gasteiger partial charge in [-0.1, -0.05) is 50.1 Å². The molecule has 0 unspecified atom stereocenters. The minimum atomic E-state index is -1.18. The van der Waals surface area contributed by atoms with E-state index >= 15 is 0 Å². The predicted octanol–water partition coefficient (Wildman–Crippen LogP) is 5.72. The molecule has 0 radical (unpaired) electrons. The molecule has 2 atom stereocenters. The highest BCUT2D eigenvalue weighted by Gasteiger charge is 2.30. The maximum Gasteiger partial charge on any atom is 0.412 e. The Bertz CT molecular complexity index is 1160. The van der Waals surface area contributed by atoms with Gasteiger partial charge in [-0.25, -0.2) is 10.3 Å². The summed E-state index contributed by atoms with van der Waals surface area (Å²) in [6.07, 6.45) is -0.706. The number of aromatic hydroxyl groups is 1. The summed E-state index contributed by atoms with van der Waals surface area (Å²) in [4.78, 5) is 24.4. The van der Waals surface area contributed by atoms with Crippen molar-refractivity contribution in [2.45, 2.75) is 12.2 Å². The third-order valence-corrected chi connectivity index (χ3v) is 5.50. The molecule has 0 aliphatic rings. The van der Waals surface area contributed by atoms with E-state index < -0.39 is 24.2 Å². The first-order valence-electron chi connectivity index (χ1n) is 9.91. The summed E-state index contributed by atoms with van der Waals surface area (Å²) < 4.78 is 13.2. The molecular weight excluding hydrogens is 572 g/mol. The molecule has 0 aromatic heterocycles. The van der Waals surface area contributed by atoms with Gasteiger partial charge in [0.2, 0.25) is 0 Å². The van der Waals surface area contributed by atoms with Crippen LogP contribution in [0.5, 0.6) is 11.5 Å². The minimum Gasteiger partial charge on any atom is -0.508 e. The first-order valence-corrected chi connectivity index (χ1v) is 11.5. The van der Waals surface area contributed by atoms with Crippen LogP contribution in [0.4, 0.5) is 10.5 Å². The van der Waals surface area contributed by atoms with E-state index in [0.717, 1.165) is 10.5 Å². The van der Waals surface area contributed by atoms with Crippen molar-refractivity contribution in [1.29, 1.82) is 0 Å². The van der Waals surface area contributed by atoms with Gasteiger partial charge in [0.25, 0.3) is 5.91 Å². The number of anilines is 1. The Hall–Kier alpha value is -3.34. The van der Waals surface area contributed by atoms with Gasteiger partial charge >= 0.3 is 6.09 Å². The molecule has 176 valence electrons. The van der Waals surface area contributed by atoms with Gasteiger partial charge in [-0.2, -0.15) is 0 Å². The summed E-state index contributed by atoms with van der Waals surface area (Å²) in [6, 6.07) is 20.2. The largest absolute Gasteiger partial charge is 0.508 e. The fourth-order valence-corrected chi connectivity index (χ4v) is 3.58. The van der Waals surface area contributed by atoms with Gasteiger partial charge in [0.05, 0.1) is 0 Å². The maximum absolute atomic E-state index is 12.8. The van der Waals surface area contributed by atoms with E-state index in [1.54, 1.807) is 66.7 Å². The van der Waals surface area contributed by atoms with Crippen LogP contribution in [0.2, 0.25) is 0 Å². The summed E-state index contributed by atoms with van der Waals surface area (Å²) in [5.41, 5.74) is 2.22. The molecule has 10 heteroatoms. The van der Waals surface area contributed by atoms with Crippen molar-refractivity contribution in [3.8, 4) is 11.5 Å². The lowest BCUT2D eigenvalue weighted by atomic mass is 10.0. The Morgan fingerprint density at radius 1 is 0.941 bits per heavy atom. The lowest BCUT2D eigenvalue weighted by Gasteiger charge is -2.27. The van der Waals surface area contributed by atoms with Gasteiger partial charge < -0.3 is 14.6 Å². The van der Waals surface area contributed by atoms with Crippen molar-refractivity contribution < 1.29 is 29.4 Å². The average molecular weight is 592 g/mol. The van der Waals surface area contributed by atoms with E-state index in [2.05, 4.69) is 37.2 Å². The quantitative estimate of drug-likeness (QED) is 0.151. The lowest BCUT2D eigenvalue weighted by molar-refractivity contribution is -0.124. The van der Waals surface area contributed by atoms with Gasteiger partial charge in [-0.05, 0) is 60.7 Å². The summed E-state index contributed by atoms with van der Waals surface area (Å²) >= 11 is 6.69. The molecule has 0 heterocycles. The van der Waals surface area contributed by atoms with E-state index in [4.69, 9.17) is 14.7 Å². The van der Waals surface area contributed by atoms with Crippen LogP contribution in [0.3, 0.4) is 0 Å². The number of benzene rings is 3. The van der Waals surface area contributed by atoms with Crippen molar-refractivity contribution in [1.82, 2.24) is 5.48 Å². The zero-order chi connectivity index (χ0) is 24.5. The van der Waals surface area contributed by atoms with Crippen molar-refractivity contribution >= 4 is 49.5 Å². The minimum absolute atomic E-state index is 0.147. The number of nitrogens with one attached hydrogen (secondary N) is 2. The molecule has 0 saturated carbocycles. The molecule has 3 aromatic rings. The maximum atomic E-state index is 12.8. The van der Waals surface area contributed by atoms with E-state index in [9.17, 15) is 14.7 Å². The van der Waals surface area contributed by atoms with Crippen LogP contribution in [0.15, 0.2) is 93.9 Å². The molecule has 0 aliphatic carbocycles. The molecule has 0 saturated heterocycles. The van der Waals surface area contributed by atoms with Crippen LogP contribution in [0, 0.1) is 0 Å². The summed E-state index contributed by atoms with van der Waals surface area (Å²) in [7, 11) is 0. The number of amides is 2. The predicted molar refractivity (Wildman–Crippen MR) is 133 cm³/mol. The number of rotatable bonds is 8. The second-order valence-electron chi connectivity index (χ2n) is 6.89. The van der Waals surface area contributed by atoms with Crippen LogP contribution >= 0.6 is 31.9 Å². The molecule has 8 nitrogen and oxygen atoms in total. The lowest BCUT2D eigenvalue weighted by Crippen LogP contribution is -2.30. The summed E-state index contributed by atoms with van der Waals surface area (Å²) in [5, 5.41) is 22.0. The summed E-state index contributed by atoms with van der Waals surface area (Å²) in [6.45, 7) is 0. The normalized spacial score (nSPS) is 12.6. The third kappa shape index (κ3) is 7.34. The number of hydrogen-bond donors (Lipinski definition) is 4. The van der Waals surface area contributed by atoms with E-state index in [1.165, 1.54) is 17.6 Å². The van der Waals surface area contributed by atoms with Gasteiger partial charge in [0.1, 0.15) is 11.5 Å². The number of phenols is 1. The SMILES string of the molecule is O=C(/C=C/[C@H](Oc1ccccc1)[C@@H](OC(=O)Nc1ccc(Br)cc1)c1cc(Br)ccc1O)NO. The van der Waals surface area contributed by atoms with Crippen LogP contribution in [-0.4, -0.2) is 28.4 Å². The first kappa shape index (κ1) is 25.3. The Morgan fingerprint density at radius 3 is 2.29 bits per heavy atom. The average Bonchev–Trinajstić information content (AvgIpc) is 2.84. The number of halogens is 2. The van der Waals surface area contributed by atoms with Crippen LogP contribution in [0.25, 0.3) is 0 Å². The van der Waals surface area contributed by atoms with E-state index in [-0.39, 0.29) is 11.3 Å². The van der Waals surface area contributed by atoms with Crippen molar-refractivity contribution in [3.63, 3.8) is 0 Å². The molecule has 0 aliphatic heterocycles. The number of carbonyl (C=O) groups is 2. The van der Waals surface area contributed by atoms with Crippen LogP contribution < -0.4 is 15.5 Å². The number of hydrogen-bond acceptors (Lipinski definition) is 6. The van der Waals surface area contributed by atoms with Crippen molar-refractivity contribution in [2.24, 2.45) is 0 Å². The van der Waals surface area contributed by atoms with Gasteiger partial charge in [0.15, 0.2) is 12.2 Å². The molecular formula is C24H20Br2N2O6. The number of hydroxylamine groups is 1. The highest BCUT2D eigenvalue weighted by Crippen LogP contribution is 2.34. The molecule has 0 bridgehead atoms. The smallest absolute Gasteiger partial charge is 0.412 e. The monoisotopic (exact) mass is 590 g/mol. The molecule has 0 fully saturated rings. The third-order valence-electron chi connectivity index (χ3n) is 4.48. The molecule has 3 aromatic carbocycles. The Labute approximate surface area is 212 Å². The first-order chi connectivity index (χ1) is 16.4. The molecule has 34 heavy (non-hydrogen) atoms. The van der Waals surface area contributed by atoms with Gasteiger partial charge in [-0.3, -0.25) is 15.3 Å². The number of phenolic OH excluding ortho intramolecular Hbond substituents is 1. The molecule has 3 rings (SSSR count). The number of carbonyl (C=O) groups excluding carboxylic acids is 2. The van der Waals surface area contributed by atoms with Crippen LogP contribution in [-0.2, 0) is 9.53 Å². The fourth-order valence-electron chi connectivity index (χ4n) is 2.93. The van der Waals surface area contributed by atoms with E-state index in [1.807, 2.05) is 0 Å². The van der Waals surface area contributed by atoms with Crippen LogP contribution in [0.1, 0.15) is 11.7 Å². The fraction of sp³-hybridized carbons (Fsp3) is 0.0833. The van der Waals surface area contributed by atoms with Crippen molar-refractivity contribution in [2.75, 3.05) is 5.32 Å². The Morgan fingerprint density at radius 2 is 1.62 bits per heavy atom. The Balaban J connectivity index is 1.97. The Kier molecular flexibility index (Phi) is 9.08. The molecule has 2 amide bonds. The standard InChI is InChI=1S/C24H20Br2N2O6/c25-15-6-9-17(10-7-15)27-24(31)34-23(19-14-16(26)8-11-20(19)29)21(12-13-22(30)28-32)33-18-4-2-1-3-5-18/h1-14,21,23,29,32H,(H,27,31)(H,28,30)/b13-12+/t21-,23-/m0/s1. The van der Waals surface area contributed by atoms with Gasteiger partial charge in [0, 0.05) is 26.3 Å². The number of ether oxygens (including phenoxy) is 2. The highest BCUT2D eigenvalue weighted by molar-refractivity contribution is 9.10. The summed E-state index contributed by atoms with van der Waals surface area (Å²) in [5.74, 6) is -0.525. The number of para-hydroxylation sites is 1. The highest BCUT2D eigenvalue weighted by atomic mass is 79.9. The second-order valence-corrected chi connectivity index (χ2v) is 8.72. The van der Waals surface area contributed by atoms with Gasteiger partial charge in [-0.15, -0.1) is 0 Å². The topological polar surface area (TPSA) is 117 Å². The zero-order valence-corrected chi connectivity index (χ0v) is 20.7. The molecule has 0 spiro atoms. The zero-order valence-electron chi connectivity index (χ0n) is 17.5. The second kappa shape index (κ2) is 12.2.